The molecule has 27 heavy (non-hydrogen) atoms. The van der Waals surface area contributed by atoms with Gasteiger partial charge in [0.05, 0.1) is 6.04 Å². The van der Waals surface area contributed by atoms with Gasteiger partial charge in [0.2, 0.25) is 0 Å². The molecule has 0 bridgehead atoms. The summed E-state index contributed by atoms with van der Waals surface area (Å²) in [5.74, 6) is -1.44. The fourth-order valence-corrected chi connectivity index (χ4v) is 4.03. The molecular weight excluding hydrogens is 346 g/mol. The maximum absolute atomic E-state index is 12.9. The first-order valence-electron chi connectivity index (χ1n) is 9.21. The monoisotopic (exact) mass is 371 g/mol. The van der Waals surface area contributed by atoms with E-state index in [1.807, 2.05) is 32.9 Å². The Labute approximate surface area is 158 Å². The number of nitrogens with one attached hydrogen (secondary N) is 2. The Morgan fingerprint density at radius 1 is 1.26 bits per heavy atom. The molecule has 0 spiro atoms. The first-order chi connectivity index (χ1) is 12.8. The molecule has 1 aromatic rings. The summed E-state index contributed by atoms with van der Waals surface area (Å²) in [5, 5.41) is 6.39. The molecule has 1 aliphatic carbocycles. The zero-order valence-corrected chi connectivity index (χ0v) is 16.1. The summed E-state index contributed by atoms with van der Waals surface area (Å²) in [5.41, 5.74) is 6.77. The predicted octanol–water partition coefficient (Wildman–Crippen LogP) is 1.64. The van der Waals surface area contributed by atoms with Crippen LogP contribution in [0.1, 0.15) is 47.9 Å². The smallest absolute Gasteiger partial charge is 0.270 e. The van der Waals surface area contributed by atoms with E-state index in [4.69, 9.17) is 0 Å². The van der Waals surface area contributed by atoms with Crippen LogP contribution in [-0.4, -0.2) is 35.8 Å². The molecule has 0 saturated heterocycles. The summed E-state index contributed by atoms with van der Waals surface area (Å²) in [6, 6.07) is 3.74. The second-order valence-electron chi connectivity index (χ2n) is 7.47. The first-order valence-corrected chi connectivity index (χ1v) is 9.21. The van der Waals surface area contributed by atoms with Gasteiger partial charge >= 0.3 is 0 Å². The third kappa shape index (κ3) is 3.78. The zero-order chi connectivity index (χ0) is 19.7. The van der Waals surface area contributed by atoms with Crippen LogP contribution in [0.25, 0.3) is 0 Å². The second-order valence-corrected chi connectivity index (χ2v) is 7.47. The Kier molecular flexibility index (Phi) is 5.41. The Morgan fingerprint density at radius 3 is 2.52 bits per heavy atom. The van der Waals surface area contributed by atoms with Crippen molar-refractivity contribution in [3.63, 3.8) is 0 Å². The van der Waals surface area contributed by atoms with Gasteiger partial charge in [0, 0.05) is 18.9 Å². The van der Waals surface area contributed by atoms with Crippen LogP contribution in [-0.2, 0) is 19.3 Å². The minimum Gasteiger partial charge on any atom is -0.351 e. The minimum atomic E-state index is -0.678. The normalized spacial score (nSPS) is 24.7. The van der Waals surface area contributed by atoms with E-state index in [1.165, 1.54) is 0 Å². The van der Waals surface area contributed by atoms with Gasteiger partial charge in [0.25, 0.3) is 5.91 Å². The summed E-state index contributed by atoms with van der Waals surface area (Å²) in [6.45, 7) is 7.98. The van der Waals surface area contributed by atoms with Gasteiger partial charge in [-0.25, -0.2) is 0 Å². The summed E-state index contributed by atoms with van der Waals surface area (Å²) in [4.78, 5) is 42.2. The second kappa shape index (κ2) is 7.60. The molecule has 0 aromatic heterocycles. The molecule has 1 amide bonds. The molecule has 1 aromatic carbocycles. The molecule has 1 heterocycles. The van der Waals surface area contributed by atoms with Crippen LogP contribution in [0.15, 0.2) is 17.3 Å². The Bertz CT molecular complexity index is 808. The van der Waals surface area contributed by atoms with Crippen LogP contribution in [0.5, 0.6) is 0 Å². The molecule has 3 unspecified atom stereocenters. The number of nitrogens with zero attached hydrogens (tertiary/aromatic N) is 1. The number of hydrogen-bond acceptors (Lipinski definition) is 6. The fraction of sp³-hybridized carbons (Fsp3) is 0.500. The molecule has 2 N–H and O–H groups in total. The summed E-state index contributed by atoms with van der Waals surface area (Å²) in [6.07, 6.45) is 0.668. The number of hydrogen-bond donors (Lipinski definition) is 2. The van der Waals surface area contributed by atoms with Crippen molar-refractivity contribution in [1.82, 2.24) is 10.8 Å². The highest BCUT2D eigenvalue weighted by Crippen LogP contribution is 2.37. The number of hydroxylamine groups is 1. The number of benzene rings is 1. The van der Waals surface area contributed by atoms with Crippen molar-refractivity contribution in [1.29, 1.82) is 0 Å². The molecule has 3 rings (SSSR count). The van der Waals surface area contributed by atoms with Gasteiger partial charge in [-0.3, -0.25) is 19.3 Å². The van der Waals surface area contributed by atoms with Crippen molar-refractivity contribution in [2.75, 3.05) is 6.54 Å². The Hall–Kier alpha value is -2.54. The minimum absolute atomic E-state index is 0.0298. The van der Waals surface area contributed by atoms with E-state index in [9.17, 15) is 14.4 Å². The molecule has 7 heteroatoms. The van der Waals surface area contributed by atoms with Gasteiger partial charge in [-0.15, -0.1) is 5.48 Å². The maximum atomic E-state index is 12.9. The summed E-state index contributed by atoms with van der Waals surface area (Å²) >= 11 is 0. The third-order valence-electron chi connectivity index (χ3n) is 5.28. The predicted molar refractivity (Wildman–Crippen MR) is 100 cm³/mol. The lowest BCUT2D eigenvalue weighted by Gasteiger charge is -2.16. The SMILES string of the molecule is Cc1cc(C)c(C2C(=O)CC(CCNC(=O)C3=NONC3C)C2=O)c(C)c1. The highest BCUT2D eigenvalue weighted by atomic mass is 16.8. The van der Waals surface area contributed by atoms with Crippen molar-refractivity contribution >= 4 is 23.2 Å². The average molecular weight is 371 g/mol. The number of rotatable bonds is 5. The van der Waals surface area contributed by atoms with Crippen molar-refractivity contribution in [3.8, 4) is 0 Å². The van der Waals surface area contributed by atoms with E-state index in [2.05, 4.69) is 20.9 Å². The molecule has 0 radical (unpaired) electrons. The van der Waals surface area contributed by atoms with E-state index >= 15 is 0 Å². The molecule has 3 atom stereocenters. The quantitative estimate of drug-likeness (QED) is 0.767. The lowest BCUT2D eigenvalue weighted by Crippen LogP contribution is -2.39. The van der Waals surface area contributed by atoms with Crippen LogP contribution in [0, 0.1) is 26.7 Å². The molecular formula is C20H25N3O4. The van der Waals surface area contributed by atoms with Gasteiger partial charge in [0.1, 0.15) is 11.7 Å². The molecule has 144 valence electrons. The fourth-order valence-electron chi connectivity index (χ4n) is 4.03. The van der Waals surface area contributed by atoms with Gasteiger partial charge in [-0.05, 0) is 50.8 Å². The van der Waals surface area contributed by atoms with E-state index < -0.39 is 5.92 Å². The lowest BCUT2D eigenvalue weighted by molar-refractivity contribution is -0.125. The van der Waals surface area contributed by atoms with Gasteiger partial charge in [0.15, 0.2) is 11.5 Å². The number of carbonyl (C=O) groups excluding carboxylic acids is 3. The van der Waals surface area contributed by atoms with Crippen LogP contribution in [0.2, 0.25) is 0 Å². The number of oxime groups is 1. The molecule has 1 saturated carbocycles. The molecule has 1 aliphatic heterocycles. The topological polar surface area (TPSA) is 96.9 Å². The summed E-state index contributed by atoms with van der Waals surface area (Å²) in [7, 11) is 0. The van der Waals surface area contributed by atoms with Crippen molar-refractivity contribution < 1.29 is 19.3 Å². The number of ketones is 2. The van der Waals surface area contributed by atoms with Crippen molar-refractivity contribution in [2.24, 2.45) is 11.1 Å². The maximum Gasteiger partial charge on any atom is 0.270 e. The highest BCUT2D eigenvalue weighted by Gasteiger charge is 2.42. The van der Waals surface area contributed by atoms with Crippen LogP contribution in [0.3, 0.4) is 0 Å². The molecule has 2 aliphatic rings. The number of aryl methyl sites for hydroxylation is 3. The van der Waals surface area contributed by atoms with E-state index in [-0.39, 0.29) is 41.6 Å². The van der Waals surface area contributed by atoms with Crippen molar-refractivity contribution in [3.05, 3.63) is 34.4 Å². The van der Waals surface area contributed by atoms with Crippen LogP contribution >= 0.6 is 0 Å². The average Bonchev–Trinajstić information content (AvgIpc) is 3.12. The van der Waals surface area contributed by atoms with E-state index in [0.717, 1.165) is 22.3 Å². The largest absolute Gasteiger partial charge is 0.351 e. The standard InChI is InChI=1S/C20H25N3O4/c1-10-7-11(2)16(12(3)8-10)17-15(24)9-14(19(17)25)5-6-21-20(26)18-13(4)22-27-23-18/h7-8,13-14,17,22H,5-6,9H2,1-4H3,(H,21,26). The lowest BCUT2D eigenvalue weighted by atomic mass is 9.86. The number of carbonyl (C=O) groups is 3. The van der Waals surface area contributed by atoms with Gasteiger partial charge < -0.3 is 5.32 Å². The van der Waals surface area contributed by atoms with E-state index in [1.54, 1.807) is 6.92 Å². The van der Waals surface area contributed by atoms with Crippen LogP contribution in [0.4, 0.5) is 0 Å². The molecule has 7 nitrogen and oxygen atoms in total. The number of amides is 1. The zero-order valence-electron chi connectivity index (χ0n) is 16.1. The Morgan fingerprint density at radius 2 is 1.93 bits per heavy atom. The van der Waals surface area contributed by atoms with Crippen LogP contribution < -0.4 is 10.8 Å². The van der Waals surface area contributed by atoms with Gasteiger partial charge in [-0.1, -0.05) is 22.9 Å². The van der Waals surface area contributed by atoms with Crippen molar-refractivity contribution in [2.45, 2.75) is 52.5 Å². The summed E-state index contributed by atoms with van der Waals surface area (Å²) < 4.78 is 0. The number of Topliss-reactive ketones (excluding diaryl/α,β-unsaturated/α-hetero) is 2. The first kappa shape index (κ1) is 19.2. The van der Waals surface area contributed by atoms with E-state index in [0.29, 0.717) is 13.0 Å². The third-order valence-corrected chi connectivity index (χ3v) is 5.28. The highest BCUT2D eigenvalue weighted by molar-refractivity contribution is 6.40. The molecule has 1 fully saturated rings. The Balaban J connectivity index is 1.64. The van der Waals surface area contributed by atoms with Gasteiger partial charge in [-0.2, -0.15) is 0 Å².